The Morgan fingerprint density at radius 2 is 0.562 bits per heavy atom. The van der Waals surface area contributed by atoms with Crippen LogP contribution in [0.25, 0.3) is 0 Å². The van der Waals surface area contributed by atoms with Crippen molar-refractivity contribution in [3.05, 3.63) is 96.2 Å². The molecular formula is C16H14. The molecule has 0 saturated heterocycles. The Labute approximate surface area is 96.7 Å². The first-order valence-electron chi connectivity index (χ1n) is 5.40. The summed E-state index contributed by atoms with van der Waals surface area (Å²) in [5.74, 6) is 0. The van der Waals surface area contributed by atoms with E-state index in [1.54, 1.807) is 0 Å². The van der Waals surface area contributed by atoms with Crippen LogP contribution < -0.4 is 0 Å². The lowest BCUT2D eigenvalue weighted by Gasteiger charge is -1.96. The average Bonchev–Trinajstić information content (AvgIpc) is 2.79. The second-order valence-corrected chi connectivity index (χ2v) is 3.50. The van der Waals surface area contributed by atoms with Gasteiger partial charge in [-0.3, -0.25) is 0 Å². The van der Waals surface area contributed by atoms with Gasteiger partial charge in [0.1, 0.15) is 0 Å². The van der Waals surface area contributed by atoms with Gasteiger partial charge in [0.05, 0.1) is 0 Å². The maximum Gasteiger partial charge on any atom is -0.0184 e. The Kier molecular flexibility index (Phi) is 3.73. The fourth-order valence-corrected chi connectivity index (χ4v) is 1.52. The molecule has 2 rings (SSSR count). The van der Waals surface area contributed by atoms with Crippen LogP contribution in [0, 0.1) is 0 Å². The lowest BCUT2D eigenvalue weighted by molar-refractivity contribution is 1.59. The van der Waals surface area contributed by atoms with Crippen LogP contribution in [0.1, 0.15) is 0 Å². The normalized spacial score (nSPS) is 28.5. The molecule has 0 nitrogen and oxygen atoms in total. The molecule has 0 unspecified atom stereocenters. The van der Waals surface area contributed by atoms with E-state index in [9.17, 15) is 0 Å². The highest BCUT2D eigenvalue weighted by molar-refractivity contribution is 5.52. The van der Waals surface area contributed by atoms with Gasteiger partial charge in [0.15, 0.2) is 0 Å². The largest absolute Gasteiger partial charge is 0.0623 e. The third-order valence-corrected chi connectivity index (χ3v) is 2.33. The highest BCUT2D eigenvalue weighted by atomic mass is 14.0. The van der Waals surface area contributed by atoms with E-state index in [0.29, 0.717) is 0 Å². The van der Waals surface area contributed by atoms with Crippen LogP contribution >= 0.6 is 0 Å². The second kappa shape index (κ2) is 5.72. The molecular weight excluding hydrogens is 192 g/mol. The summed E-state index contributed by atoms with van der Waals surface area (Å²) in [5, 5.41) is 0. The van der Waals surface area contributed by atoms with Crippen molar-refractivity contribution in [1.29, 1.82) is 0 Å². The molecule has 0 aromatic carbocycles. The third kappa shape index (κ3) is 2.96. The molecule has 0 N–H and O–H groups in total. The van der Waals surface area contributed by atoms with E-state index in [-0.39, 0.29) is 0 Å². The van der Waals surface area contributed by atoms with Crippen LogP contribution in [0.2, 0.25) is 0 Å². The lowest BCUT2D eigenvalue weighted by atomic mass is 10.1. The maximum absolute atomic E-state index is 2.12. The molecule has 0 fully saturated rings. The zero-order valence-electron chi connectivity index (χ0n) is 9.08. The van der Waals surface area contributed by atoms with E-state index in [1.807, 2.05) is 36.5 Å². The topological polar surface area (TPSA) is 0 Å². The van der Waals surface area contributed by atoms with Gasteiger partial charge in [-0.15, -0.1) is 0 Å². The summed E-state index contributed by atoms with van der Waals surface area (Å²) in [6, 6.07) is 0. The van der Waals surface area contributed by atoms with E-state index in [1.165, 1.54) is 11.1 Å². The molecule has 0 radical (unpaired) electrons. The van der Waals surface area contributed by atoms with Crippen molar-refractivity contribution in [1.82, 2.24) is 0 Å². The van der Waals surface area contributed by atoms with Crippen molar-refractivity contribution < 1.29 is 0 Å². The third-order valence-electron chi connectivity index (χ3n) is 2.33. The summed E-state index contributed by atoms with van der Waals surface area (Å²) >= 11 is 0. The van der Waals surface area contributed by atoms with Crippen LogP contribution in [-0.2, 0) is 0 Å². The van der Waals surface area contributed by atoms with Gasteiger partial charge in [-0.1, -0.05) is 85.1 Å². The first-order chi connectivity index (χ1) is 7.97. The Bertz CT molecular complexity index is 430. The highest BCUT2D eigenvalue weighted by Gasteiger charge is 1.96. The summed E-state index contributed by atoms with van der Waals surface area (Å²) in [7, 11) is 0. The number of hydrogen-bond donors (Lipinski definition) is 0. The molecule has 78 valence electrons. The summed E-state index contributed by atoms with van der Waals surface area (Å²) in [5.41, 5.74) is 2.47. The van der Waals surface area contributed by atoms with E-state index < -0.39 is 0 Å². The van der Waals surface area contributed by atoms with Gasteiger partial charge in [0.25, 0.3) is 0 Å². The van der Waals surface area contributed by atoms with Crippen molar-refractivity contribution >= 4 is 0 Å². The smallest absolute Gasteiger partial charge is 0.0184 e. The van der Waals surface area contributed by atoms with Gasteiger partial charge in [-0.25, -0.2) is 0 Å². The van der Waals surface area contributed by atoms with Crippen LogP contribution in [0.3, 0.4) is 0 Å². The van der Waals surface area contributed by atoms with Crippen molar-refractivity contribution in [2.45, 2.75) is 0 Å². The van der Waals surface area contributed by atoms with E-state index >= 15 is 0 Å². The lowest BCUT2D eigenvalue weighted by Crippen LogP contribution is -1.77. The molecule has 0 spiro atoms. The molecule has 0 heteroatoms. The molecule has 0 amide bonds. The van der Waals surface area contributed by atoms with Gasteiger partial charge in [-0.05, 0) is 11.1 Å². The fraction of sp³-hybridized carbons (Fsp3) is 0. The van der Waals surface area contributed by atoms with Gasteiger partial charge >= 0.3 is 0 Å². The van der Waals surface area contributed by atoms with Gasteiger partial charge in [0.2, 0.25) is 0 Å². The Balaban J connectivity index is 2.33. The molecule has 2 aliphatic rings. The first kappa shape index (κ1) is 10.4. The zero-order valence-corrected chi connectivity index (χ0v) is 9.08. The Morgan fingerprint density at radius 3 is 0.938 bits per heavy atom. The van der Waals surface area contributed by atoms with Crippen molar-refractivity contribution in [2.75, 3.05) is 0 Å². The zero-order chi connectivity index (χ0) is 11.1. The average molecular weight is 206 g/mol. The minimum absolute atomic E-state index is 1.22. The Morgan fingerprint density at radius 1 is 0.312 bits per heavy atom. The van der Waals surface area contributed by atoms with Crippen LogP contribution in [0.4, 0.5) is 0 Å². The van der Waals surface area contributed by atoms with E-state index in [4.69, 9.17) is 0 Å². The fourth-order valence-electron chi connectivity index (χ4n) is 1.52. The van der Waals surface area contributed by atoms with Crippen LogP contribution in [-0.4, -0.2) is 0 Å². The minimum atomic E-state index is 1.22. The quantitative estimate of drug-likeness (QED) is 0.557. The molecule has 16 heavy (non-hydrogen) atoms. The monoisotopic (exact) mass is 206 g/mol. The van der Waals surface area contributed by atoms with E-state index in [2.05, 4.69) is 48.6 Å². The van der Waals surface area contributed by atoms with Crippen molar-refractivity contribution in [2.24, 2.45) is 0 Å². The second-order valence-electron chi connectivity index (χ2n) is 3.50. The van der Waals surface area contributed by atoms with Crippen molar-refractivity contribution in [3.8, 4) is 0 Å². The minimum Gasteiger partial charge on any atom is -0.0623 e. The molecule has 0 heterocycles. The number of hydrogen-bond acceptors (Lipinski definition) is 0. The predicted octanol–water partition coefficient (Wildman–Crippen LogP) is 4.20. The molecule has 0 aromatic rings. The van der Waals surface area contributed by atoms with Gasteiger partial charge in [-0.2, -0.15) is 0 Å². The van der Waals surface area contributed by atoms with Crippen LogP contribution in [0.5, 0.6) is 0 Å². The standard InChI is InChI=1S/C16H14/c1-2-4-6-8-12-15(11-7-5-3-1)16-13-9-10-14-16/h1-14H/b2-1-,5-3+,6-4+,11-7-,12-8+. The molecule has 0 aromatic heterocycles. The first-order valence-corrected chi connectivity index (χ1v) is 5.40. The molecule has 0 aliphatic heterocycles. The predicted molar refractivity (Wildman–Crippen MR) is 71.0 cm³/mol. The Hall–Kier alpha value is -2.08. The molecule has 0 atom stereocenters. The molecule has 0 saturated carbocycles. The summed E-state index contributed by atoms with van der Waals surface area (Å²) in [6.07, 6.45) is 28.9. The van der Waals surface area contributed by atoms with Gasteiger partial charge < -0.3 is 0 Å². The summed E-state index contributed by atoms with van der Waals surface area (Å²) in [4.78, 5) is 0. The van der Waals surface area contributed by atoms with Gasteiger partial charge in [0, 0.05) is 0 Å². The molecule has 0 bridgehead atoms. The summed E-state index contributed by atoms with van der Waals surface area (Å²) in [6.45, 7) is 0. The summed E-state index contributed by atoms with van der Waals surface area (Å²) < 4.78 is 0. The number of allylic oxidation sites excluding steroid dienone is 16. The number of rotatable bonds is 0. The maximum atomic E-state index is 2.12. The van der Waals surface area contributed by atoms with Crippen molar-refractivity contribution in [3.63, 3.8) is 0 Å². The molecule has 2 aliphatic carbocycles. The SMILES string of the molecule is C1=CC(=C2\C=C/C=C/C=C\C=C\C=C\2)C=C1. The highest BCUT2D eigenvalue weighted by Crippen LogP contribution is 2.16. The van der Waals surface area contributed by atoms with E-state index in [0.717, 1.165) is 0 Å². The van der Waals surface area contributed by atoms with Crippen LogP contribution in [0.15, 0.2) is 96.2 Å².